The van der Waals surface area contributed by atoms with E-state index in [1.165, 1.54) is 11.8 Å². The minimum Gasteiger partial charge on any atom is -0.497 e. The average Bonchev–Trinajstić information content (AvgIpc) is 3.42. The van der Waals surface area contributed by atoms with Crippen molar-refractivity contribution in [3.63, 3.8) is 0 Å². The lowest BCUT2D eigenvalue weighted by Gasteiger charge is -2.34. The van der Waals surface area contributed by atoms with Crippen LogP contribution < -0.4 is 20.9 Å². The van der Waals surface area contributed by atoms with Gasteiger partial charge in [-0.25, -0.2) is 9.36 Å². The highest BCUT2D eigenvalue weighted by molar-refractivity contribution is 6.07. The van der Waals surface area contributed by atoms with Gasteiger partial charge in [0, 0.05) is 13.5 Å². The molecule has 2 aromatic carbocycles. The lowest BCUT2D eigenvalue weighted by molar-refractivity contribution is -0.173. The number of ether oxygens (including phenoxy) is 1. The summed E-state index contributed by atoms with van der Waals surface area (Å²) in [4.78, 5) is 26.5. The molecule has 0 radical (unpaired) electrons. The first-order valence-corrected chi connectivity index (χ1v) is 11.8. The highest BCUT2D eigenvalue weighted by Gasteiger charge is 2.47. The van der Waals surface area contributed by atoms with Gasteiger partial charge in [-0.15, -0.1) is 0 Å². The molecule has 0 spiro atoms. The van der Waals surface area contributed by atoms with E-state index in [4.69, 9.17) is 4.74 Å². The van der Waals surface area contributed by atoms with Gasteiger partial charge in [-0.3, -0.25) is 14.3 Å². The van der Waals surface area contributed by atoms with Gasteiger partial charge in [0.1, 0.15) is 22.8 Å². The Morgan fingerprint density at radius 2 is 1.82 bits per heavy atom. The summed E-state index contributed by atoms with van der Waals surface area (Å²) in [6.45, 7) is 1.67. The van der Waals surface area contributed by atoms with Gasteiger partial charge in [0.2, 0.25) is 0 Å². The number of benzene rings is 2. The second-order valence-corrected chi connectivity index (χ2v) is 9.01. The van der Waals surface area contributed by atoms with Gasteiger partial charge in [-0.05, 0) is 36.8 Å². The van der Waals surface area contributed by atoms with Crippen LogP contribution in [0.2, 0.25) is 0 Å². The SMILES string of the molecule is COc1ccc([C@@H]2C[C@H](C(F)(F)F)n3ncc(C(=O)Nc4c(C)n(C)n(-c5ccccc5)c4=O)c3N2)cc1. The van der Waals surface area contributed by atoms with Gasteiger partial charge in [0.25, 0.3) is 11.5 Å². The molecule has 1 aliphatic rings. The van der Waals surface area contributed by atoms with Gasteiger partial charge in [0.05, 0.1) is 30.7 Å². The number of aromatic nitrogens is 4. The number of nitrogens with one attached hydrogen (secondary N) is 2. The third-order valence-electron chi connectivity index (χ3n) is 6.79. The molecule has 2 atom stereocenters. The van der Waals surface area contributed by atoms with Gasteiger partial charge in [-0.1, -0.05) is 30.3 Å². The first-order valence-electron chi connectivity index (χ1n) is 11.8. The Morgan fingerprint density at radius 3 is 2.45 bits per heavy atom. The first kappa shape index (κ1) is 25.2. The number of nitrogens with zero attached hydrogens (tertiary/aromatic N) is 4. The normalized spacial score (nSPS) is 17.0. The molecular formula is C26H25F3N6O3. The van der Waals surface area contributed by atoms with Gasteiger partial charge in [0.15, 0.2) is 6.04 Å². The van der Waals surface area contributed by atoms with E-state index < -0.39 is 29.7 Å². The summed E-state index contributed by atoms with van der Waals surface area (Å²) in [5, 5.41) is 9.55. The van der Waals surface area contributed by atoms with Crippen LogP contribution in [0.3, 0.4) is 0 Å². The molecule has 0 saturated carbocycles. The number of carbonyl (C=O) groups excluding carboxylic acids is 1. The Kier molecular flexibility index (Phi) is 6.25. The van der Waals surface area contributed by atoms with Crippen LogP contribution in [0.1, 0.15) is 40.1 Å². The number of halogens is 3. The van der Waals surface area contributed by atoms with Crippen LogP contribution >= 0.6 is 0 Å². The summed E-state index contributed by atoms with van der Waals surface area (Å²) in [7, 11) is 3.18. The summed E-state index contributed by atoms with van der Waals surface area (Å²) >= 11 is 0. The molecule has 2 aromatic heterocycles. The molecule has 198 valence electrons. The number of amides is 1. The van der Waals surface area contributed by atoms with E-state index in [-0.39, 0.29) is 23.5 Å². The van der Waals surface area contributed by atoms with Crippen LogP contribution in [0.4, 0.5) is 24.7 Å². The van der Waals surface area contributed by atoms with E-state index in [1.54, 1.807) is 67.2 Å². The molecule has 0 unspecified atom stereocenters. The lowest BCUT2D eigenvalue weighted by Crippen LogP contribution is -2.36. The third-order valence-corrected chi connectivity index (χ3v) is 6.79. The quantitative estimate of drug-likeness (QED) is 0.396. The molecule has 1 aliphatic heterocycles. The van der Waals surface area contributed by atoms with E-state index in [0.29, 0.717) is 22.7 Å². The fourth-order valence-corrected chi connectivity index (χ4v) is 4.68. The zero-order chi connectivity index (χ0) is 27.2. The van der Waals surface area contributed by atoms with Crippen molar-refractivity contribution in [1.82, 2.24) is 19.1 Å². The molecule has 0 aliphatic carbocycles. The lowest BCUT2D eigenvalue weighted by atomic mass is 9.96. The van der Waals surface area contributed by atoms with Crippen molar-refractivity contribution in [3.8, 4) is 11.4 Å². The molecule has 4 aromatic rings. The maximum absolute atomic E-state index is 14.0. The van der Waals surface area contributed by atoms with E-state index in [9.17, 15) is 22.8 Å². The van der Waals surface area contributed by atoms with Crippen molar-refractivity contribution < 1.29 is 22.7 Å². The van der Waals surface area contributed by atoms with Crippen molar-refractivity contribution in [1.29, 1.82) is 0 Å². The van der Waals surface area contributed by atoms with Crippen molar-refractivity contribution in [2.75, 3.05) is 17.7 Å². The first-order chi connectivity index (χ1) is 18.1. The molecule has 9 nitrogen and oxygen atoms in total. The van der Waals surface area contributed by atoms with Gasteiger partial charge in [-0.2, -0.15) is 18.3 Å². The zero-order valence-corrected chi connectivity index (χ0v) is 20.8. The maximum Gasteiger partial charge on any atom is 0.410 e. The topological polar surface area (TPSA) is 95.1 Å². The number of carbonyl (C=O) groups is 1. The summed E-state index contributed by atoms with van der Waals surface area (Å²) in [5.74, 6) is -0.253. The second kappa shape index (κ2) is 9.43. The van der Waals surface area contributed by atoms with Crippen molar-refractivity contribution in [2.24, 2.45) is 7.05 Å². The molecule has 5 rings (SSSR count). The Labute approximate surface area is 215 Å². The number of rotatable bonds is 5. The van der Waals surface area contributed by atoms with Crippen LogP contribution in [0.5, 0.6) is 5.75 Å². The third kappa shape index (κ3) is 4.31. The number of hydrogen-bond acceptors (Lipinski definition) is 5. The fraction of sp³-hybridized carbons (Fsp3) is 0.269. The van der Waals surface area contributed by atoms with E-state index in [0.717, 1.165) is 10.9 Å². The van der Waals surface area contributed by atoms with Crippen LogP contribution in [0.15, 0.2) is 65.6 Å². The Balaban J connectivity index is 1.50. The number of methoxy groups -OCH3 is 1. The summed E-state index contributed by atoms with van der Waals surface area (Å²) in [6, 6.07) is 12.9. The predicted molar refractivity (Wildman–Crippen MR) is 135 cm³/mol. The van der Waals surface area contributed by atoms with Crippen LogP contribution in [0, 0.1) is 6.92 Å². The van der Waals surface area contributed by atoms with E-state index in [1.807, 2.05) is 6.07 Å². The molecule has 0 bridgehead atoms. The van der Waals surface area contributed by atoms with Crippen molar-refractivity contribution >= 4 is 17.4 Å². The van der Waals surface area contributed by atoms with Crippen molar-refractivity contribution in [2.45, 2.75) is 31.6 Å². The molecule has 0 saturated heterocycles. The number of anilines is 2. The minimum absolute atomic E-state index is 0.0242. The summed E-state index contributed by atoms with van der Waals surface area (Å²) < 4.78 is 51.1. The minimum atomic E-state index is -4.60. The number of fused-ring (bicyclic) bond motifs is 1. The standard InChI is InChI=1S/C26H25F3N6O3/c1-15-22(25(37)35(33(15)2)17-7-5-4-6-8-17)32-24(36)19-14-30-34-21(26(27,28)29)13-20(31-23(19)34)16-9-11-18(38-3)12-10-16/h4-12,14,20-21,31H,13H2,1-3H3,(H,32,36)/t20-,21+/m0/s1. The molecule has 1 amide bonds. The fourth-order valence-electron chi connectivity index (χ4n) is 4.68. The highest BCUT2D eigenvalue weighted by Crippen LogP contribution is 2.44. The Morgan fingerprint density at radius 1 is 1.13 bits per heavy atom. The monoisotopic (exact) mass is 526 g/mol. The molecule has 38 heavy (non-hydrogen) atoms. The van der Waals surface area contributed by atoms with Gasteiger partial charge >= 0.3 is 6.18 Å². The smallest absolute Gasteiger partial charge is 0.410 e. The summed E-state index contributed by atoms with van der Waals surface area (Å²) in [5.41, 5.74) is 1.13. The molecule has 2 N–H and O–H groups in total. The van der Waals surface area contributed by atoms with Gasteiger partial charge < -0.3 is 15.4 Å². The highest BCUT2D eigenvalue weighted by atomic mass is 19.4. The molecule has 3 heterocycles. The number of para-hydroxylation sites is 1. The predicted octanol–water partition coefficient (Wildman–Crippen LogP) is 4.60. The van der Waals surface area contributed by atoms with E-state index in [2.05, 4.69) is 15.7 Å². The Hall–Kier alpha value is -4.48. The average molecular weight is 527 g/mol. The van der Waals surface area contributed by atoms with Crippen LogP contribution in [-0.4, -0.2) is 38.3 Å². The molecular weight excluding hydrogens is 501 g/mol. The number of alkyl halides is 3. The molecule has 0 fully saturated rings. The van der Waals surface area contributed by atoms with Crippen LogP contribution in [0.25, 0.3) is 5.69 Å². The maximum atomic E-state index is 14.0. The largest absolute Gasteiger partial charge is 0.497 e. The van der Waals surface area contributed by atoms with E-state index >= 15 is 0 Å². The second-order valence-electron chi connectivity index (χ2n) is 9.01. The summed E-state index contributed by atoms with van der Waals surface area (Å²) in [6.07, 6.45) is -3.83. The zero-order valence-electron chi connectivity index (χ0n) is 20.8. The molecule has 12 heteroatoms. The number of hydrogen-bond donors (Lipinski definition) is 2. The Bertz CT molecular complexity index is 1540. The van der Waals surface area contributed by atoms with Crippen molar-refractivity contribution in [3.05, 3.63) is 88.0 Å². The van der Waals surface area contributed by atoms with Crippen LogP contribution in [-0.2, 0) is 7.05 Å².